The zero-order chi connectivity index (χ0) is 33.6. The highest BCUT2D eigenvalue weighted by Crippen LogP contribution is 2.42. The van der Waals surface area contributed by atoms with Gasteiger partial charge in [0.1, 0.15) is 18.3 Å². The Morgan fingerprint density at radius 2 is 1.51 bits per heavy atom. The number of benzene rings is 3. The van der Waals surface area contributed by atoms with Crippen molar-refractivity contribution in [3.8, 4) is 0 Å². The molecule has 248 valence electrons. The number of aryl methyl sites for hydroxylation is 2. The number of hydrogen-bond donors (Lipinski definition) is 1. The fourth-order valence-corrected chi connectivity index (χ4v) is 6.23. The van der Waals surface area contributed by atoms with Crippen molar-refractivity contribution in [2.75, 3.05) is 13.2 Å². The van der Waals surface area contributed by atoms with Crippen LogP contribution in [0.25, 0.3) is 0 Å². The maximum absolute atomic E-state index is 13.4. The Bertz CT molecular complexity index is 1890. The zero-order valence-electron chi connectivity index (χ0n) is 26.2. The third kappa shape index (κ3) is 8.13. The maximum Gasteiger partial charge on any atom is 0.330 e. The van der Waals surface area contributed by atoms with Crippen LogP contribution in [0.15, 0.2) is 106 Å². The summed E-state index contributed by atoms with van der Waals surface area (Å²) in [6.45, 7) is 3.71. The van der Waals surface area contributed by atoms with Crippen molar-refractivity contribution in [1.82, 2.24) is 9.55 Å². The lowest BCUT2D eigenvalue weighted by Gasteiger charge is -2.34. The summed E-state index contributed by atoms with van der Waals surface area (Å²) in [5.74, 6) is -0.708. The van der Waals surface area contributed by atoms with Gasteiger partial charge in [0.25, 0.3) is 15.7 Å². The van der Waals surface area contributed by atoms with Crippen LogP contribution in [0.5, 0.6) is 0 Å². The summed E-state index contributed by atoms with van der Waals surface area (Å²) >= 11 is 0. The van der Waals surface area contributed by atoms with Crippen LogP contribution < -0.4 is 11.2 Å². The molecule has 0 bridgehead atoms. The van der Waals surface area contributed by atoms with Crippen molar-refractivity contribution in [1.29, 1.82) is 0 Å². The number of carbonyl (C=O) groups is 1. The number of nitrogens with zero attached hydrogens (tertiary/aromatic N) is 1. The largest absolute Gasteiger partial charge is 0.455 e. The molecule has 0 radical (unpaired) electrons. The molecule has 1 saturated heterocycles. The van der Waals surface area contributed by atoms with E-state index in [-0.39, 0.29) is 30.3 Å². The third-order valence-corrected chi connectivity index (χ3v) is 8.95. The fourth-order valence-electron chi connectivity index (χ4n) is 5.27. The lowest BCUT2D eigenvalue weighted by molar-refractivity contribution is -0.171. The first-order valence-corrected chi connectivity index (χ1v) is 16.3. The van der Waals surface area contributed by atoms with Crippen LogP contribution in [-0.2, 0) is 51.3 Å². The normalized spacial score (nSPS) is 21.0. The minimum Gasteiger partial charge on any atom is -0.455 e. The summed E-state index contributed by atoms with van der Waals surface area (Å²) in [6, 6.07) is 24.6. The number of hydrogen-bond acceptors (Lipinski definition) is 10. The van der Waals surface area contributed by atoms with Gasteiger partial charge in [0.05, 0.1) is 24.7 Å². The SMILES string of the molecule is CC(=O)O[C@H]1[C@H](n2cc(C)c(=O)[nH]c2=O)O[C@@](COCc2ccccc2)(COS(=O)(=O)c2ccc(C)cc2)[C@H]1OCc1ccccc1. The molecular formula is C34H36N2O10S. The van der Waals surface area contributed by atoms with Crippen molar-refractivity contribution in [3.63, 3.8) is 0 Å². The second-order valence-electron chi connectivity index (χ2n) is 11.4. The van der Waals surface area contributed by atoms with Crippen molar-refractivity contribution in [2.24, 2.45) is 0 Å². The van der Waals surface area contributed by atoms with E-state index in [4.69, 9.17) is 23.1 Å². The topological polar surface area (TPSA) is 152 Å². The molecule has 47 heavy (non-hydrogen) atoms. The summed E-state index contributed by atoms with van der Waals surface area (Å²) < 4.78 is 58.4. The molecular weight excluding hydrogens is 628 g/mol. The van der Waals surface area contributed by atoms with Gasteiger partial charge in [-0.15, -0.1) is 0 Å². The minimum atomic E-state index is -4.33. The summed E-state index contributed by atoms with van der Waals surface area (Å²) in [5, 5.41) is 0. The predicted octanol–water partition coefficient (Wildman–Crippen LogP) is 3.56. The molecule has 0 unspecified atom stereocenters. The number of nitrogens with one attached hydrogen (secondary N) is 1. The summed E-state index contributed by atoms with van der Waals surface area (Å²) in [5.41, 5.74) is -0.549. The van der Waals surface area contributed by atoms with E-state index in [0.717, 1.165) is 21.3 Å². The highest BCUT2D eigenvalue weighted by atomic mass is 32.2. The molecule has 1 aliphatic rings. The van der Waals surface area contributed by atoms with Gasteiger partial charge in [-0.3, -0.25) is 23.3 Å². The molecule has 5 rings (SSSR count). The molecule has 4 atom stereocenters. The van der Waals surface area contributed by atoms with Gasteiger partial charge in [0.2, 0.25) is 0 Å². The average molecular weight is 665 g/mol. The van der Waals surface area contributed by atoms with Crippen LogP contribution in [0.1, 0.15) is 35.4 Å². The highest BCUT2D eigenvalue weighted by Gasteiger charge is 2.60. The molecule has 0 amide bonds. The first-order chi connectivity index (χ1) is 22.5. The van der Waals surface area contributed by atoms with Crippen molar-refractivity contribution < 1.29 is 36.3 Å². The Kier molecular flexibility index (Phi) is 10.5. The summed E-state index contributed by atoms with van der Waals surface area (Å²) in [4.78, 5) is 40.0. The lowest BCUT2D eigenvalue weighted by Crippen LogP contribution is -2.53. The van der Waals surface area contributed by atoms with Crippen LogP contribution >= 0.6 is 0 Å². The van der Waals surface area contributed by atoms with E-state index in [1.165, 1.54) is 32.2 Å². The second-order valence-corrected chi connectivity index (χ2v) is 13.0. The maximum atomic E-state index is 13.4. The molecule has 1 aromatic heterocycles. The van der Waals surface area contributed by atoms with Crippen LogP contribution in [0.2, 0.25) is 0 Å². The van der Waals surface area contributed by atoms with E-state index < -0.39 is 58.0 Å². The standard InChI is InChI=1S/C34H36N2O10S/c1-23-14-16-28(17-15-23)47(40,41)44-22-34(21-42-19-26-10-6-4-7-11-26)30(43-20-27-12-8-5-9-13-27)29(45-25(3)37)32(46-34)36-18-24(2)31(38)35-33(36)39/h4-18,29-30,32H,19-22H2,1-3H3,(H,35,38,39)/t29-,30+,32-,34+/m1/s1. The molecule has 3 aromatic carbocycles. The Morgan fingerprint density at radius 3 is 2.13 bits per heavy atom. The van der Waals surface area contributed by atoms with Gasteiger partial charge >= 0.3 is 11.7 Å². The van der Waals surface area contributed by atoms with Gasteiger partial charge in [0, 0.05) is 18.7 Å². The van der Waals surface area contributed by atoms with Crippen molar-refractivity contribution >= 4 is 16.1 Å². The van der Waals surface area contributed by atoms with E-state index in [1.54, 1.807) is 12.1 Å². The van der Waals surface area contributed by atoms with Crippen LogP contribution in [-0.4, -0.2) is 55.0 Å². The molecule has 0 aliphatic carbocycles. The van der Waals surface area contributed by atoms with E-state index in [9.17, 15) is 22.8 Å². The monoisotopic (exact) mass is 664 g/mol. The zero-order valence-corrected chi connectivity index (χ0v) is 27.0. The Morgan fingerprint density at radius 1 is 0.894 bits per heavy atom. The Balaban J connectivity index is 1.59. The van der Waals surface area contributed by atoms with Gasteiger partial charge in [-0.25, -0.2) is 4.79 Å². The molecule has 4 aromatic rings. The molecule has 1 aliphatic heterocycles. The smallest absolute Gasteiger partial charge is 0.330 e. The molecule has 0 saturated carbocycles. The van der Waals surface area contributed by atoms with Crippen LogP contribution in [0.4, 0.5) is 0 Å². The third-order valence-electron chi connectivity index (χ3n) is 7.67. The fraction of sp³-hybridized carbons (Fsp3) is 0.324. The van der Waals surface area contributed by atoms with E-state index in [2.05, 4.69) is 4.98 Å². The summed E-state index contributed by atoms with van der Waals surface area (Å²) in [6.07, 6.45) is -2.61. The van der Waals surface area contributed by atoms with Crippen LogP contribution in [0, 0.1) is 13.8 Å². The first-order valence-electron chi connectivity index (χ1n) is 14.9. The predicted molar refractivity (Wildman–Crippen MR) is 170 cm³/mol. The Hall–Kier alpha value is -4.40. The molecule has 13 heteroatoms. The van der Waals surface area contributed by atoms with Crippen molar-refractivity contribution in [2.45, 2.75) is 62.9 Å². The number of aromatic nitrogens is 2. The van der Waals surface area contributed by atoms with E-state index >= 15 is 0 Å². The number of rotatable bonds is 13. The van der Waals surface area contributed by atoms with Gasteiger partial charge in [-0.2, -0.15) is 8.42 Å². The quantitative estimate of drug-likeness (QED) is 0.166. The number of esters is 1. The first kappa shape index (κ1) is 33.9. The van der Waals surface area contributed by atoms with E-state index in [1.807, 2.05) is 67.6 Å². The van der Waals surface area contributed by atoms with Gasteiger partial charge in [-0.05, 0) is 37.1 Å². The molecule has 1 fully saturated rings. The van der Waals surface area contributed by atoms with Crippen molar-refractivity contribution in [3.05, 3.63) is 134 Å². The van der Waals surface area contributed by atoms with Crippen LogP contribution in [0.3, 0.4) is 0 Å². The van der Waals surface area contributed by atoms with Gasteiger partial charge in [0.15, 0.2) is 12.3 Å². The molecule has 2 heterocycles. The highest BCUT2D eigenvalue weighted by molar-refractivity contribution is 7.86. The number of H-pyrrole nitrogens is 1. The summed E-state index contributed by atoms with van der Waals surface area (Å²) in [7, 11) is -4.33. The second kappa shape index (κ2) is 14.6. The molecule has 1 N–H and O–H groups in total. The number of ether oxygens (including phenoxy) is 4. The minimum absolute atomic E-state index is 0.00402. The van der Waals surface area contributed by atoms with Gasteiger partial charge in [-0.1, -0.05) is 78.4 Å². The number of carbonyl (C=O) groups excluding carboxylic acids is 1. The van der Waals surface area contributed by atoms with E-state index in [0.29, 0.717) is 0 Å². The molecule has 12 nitrogen and oxygen atoms in total. The average Bonchev–Trinajstić information content (AvgIpc) is 3.34. The lowest BCUT2D eigenvalue weighted by atomic mass is 9.96. The molecule has 0 spiro atoms. The van der Waals surface area contributed by atoms with Gasteiger partial charge < -0.3 is 18.9 Å². The Labute approximate surface area is 272 Å². The number of aromatic amines is 1.